The number of rotatable bonds is 4. The third-order valence-electron chi connectivity index (χ3n) is 9.21. The summed E-state index contributed by atoms with van der Waals surface area (Å²) < 4.78 is 13.5. The molecule has 2 aromatic carbocycles. The van der Waals surface area contributed by atoms with Crippen molar-refractivity contribution in [2.75, 3.05) is 0 Å². The first-order valence-corrected chi connectivity index (χ1v) is 12.9. The molecule has 0 saturated heterocycles. The Morgan fingerprint density at radius 3 is 2.13 bits per heavy atom. The molecule has 30 heavy (non-hydrogen) atoms. The first-order chi connectivity index (χ1) is 14.7. The van der Waals surface area contributed by atoms with E-state index in [9.17, 15) is 4.39 Å². The smallest absolute Gasteiger partial charge is 0.123 e. The lowest BCUT2D eigenvalue weighted by molar-refractivity contribution is 0.0712. The van der Waals surface area contributed by atoms with Crippen molar-refractivity contribution in [3.63, 3.8) is 0 Å². The van der Waals surface area contributed by atoms with E-state index in [2.05, 4.69) is 25.1 Å². The molecule has 1 heteroatoms. The average molecular weight is 407 g/mol. The fourth-order valence-corrected chi connectivity index (χ4v) is 7.50. The van der Waals surface area contributed by atoms with Crippen molar-refractivity contribution >= 4 is 10.8 Å². The fraction of sp³-hybridized carbons (Fsp3) is 0.655. The fourth-order valence-electron chi connectivity index (χ4n) is 7.50. The van der Waals surface area contributed by atoms with Gasteiger partial charge < -0.3 is 0 Å². The van der Waals surface area contributed by atoms with Crippen LogP contribution in [0.1, 0.15) is 95.5 Å². The lowest BCUT2D eigenvalue weighted by Crippen LogP contribution is -2.34. The molecule has 0 N–H and O–H groups in total. The normalized spacial score (nSPS) is 34.6. The van der Waals surface area contributed by atoms with E-state index in [-0.39, 0.29) is 5.82 Å². The molecule has 1 unspecified atom stereocenters. The van der Waals surface area contributed by atoms with E-state index < -0.39 is 0 Å². The monoisotopic (exact) mass is 406 g/mol. The van der Waals surface area contributed by atoms with Crippen molar-refractivity contribution in [2.24, 2.45) is 29.6 Å². The predicted molar refractivity (Wildman–Crippen MR) is 125 cm³/mol. The lowest BCUT2D eigenvalue weighted by Gasteiger charge is -2.45. The van der Waals surface area contributed by atoms with Crippen molar-refractivity contribution in [1.82, 2.24) is 0 Å². The Bertz CT molecular complexity index is 847. The van der Waals surface area contributed by atoms with Crippen LogP contribution in [0.25, 0.3) is 10.8 Å². The summed E-state index contributed by atoms with van der Waals surface area (Å²) in [5.74, 6) is 5.62. The quantitative estimate of drug-likeness (QED) is 0.475. The summed E-state index contributed by atoms with van der Waals surface area (Å²) in [4.78, 5) is 0. The van der Waals surface area contributed by atoms with Gasteiger partial charge in [-0.1, -0.05) is 56.9 Å². The average Bonchev–Trinajstić information content (AvgIpc) is 2.79. The van der Waals surface area contributed by atoms with Gasteiger partial charge in [-0.3, -0.25) is 0 Å². The van der Waals surface area contributed by atoms with E-state index in [1.165, 1.54) is 88.0 Å². The molecule has 0 spiro atoms. The highest BCUT2D eigenvalue weighted by Crippen LogP contribution is 2.51. The highest BCUT2D eigenvalue weighted by Gasteiger charge is 2.39. The highest BCUT2D eigenvalue weighted by atomic mass is 19.1. The Labute approximate surface area is 182 Å². The van der Waals surface area contributed by atoms with Crippen LogP contribution in [-0.2, 0) is 0 Å². The van der Waals surface area contributed by atoms with Crippen LogP contribution in [0.4, 0.5) is 4.39 Å². The number of hydrogen-bond donors (Lipinski definition) is 0. The molecule has 0 amide bonds. The summed E-state index contributed by atoms with van der Waals surface area (Å²) in [5, 5.41) is 2.22. The first-order valence-electron chi connectivity index (χ1n) is 12.9. The van der Waals surface area contributed by atoms with Gasteiger partial charge in [-0.15, -0.1) is 0 Å². The van der Waals surface area contributed by atoms with Crippen LogP contribution in [0.5, 0.6) is 0 Å². The Hall–Kier alpha value is -1.37. The summed E-state index contributed by atoms with van der Waals surface area (Å²) in [6.45, 7) is 2.35. The minimum Gasteiger partial charge on any atom is -0.207 e. The highest BCUT2D eigenvalue weighted by molar-refractivity contribution is 5.83. The zero-order chi connectivity index (χ0) is 20.5. The lowest BCUT2D eigenvalue weighted by atomic mass is 9.60. The zero-order valence-corrected chi connectivity index (χ0v) is 18.8. The van der Waals surface area contributed by atoms with Gasteiger partial charge in [0.1, 0.15) is 5.82 Å². The van der Waals surface area contributed by atoms with Crippen LogP contribution in [0.2, 0.25) is 0 Å². The SMILES string of the molecule is CCCC1CCC(C2CC[C@@H]3C[C@H](c4ccc5cc(F)ccc5c4)CC[C@@H]3C2)CC1. The number of fused-ring (bicyclic) bond motifs is 2. The maximum Gasteiger partial charge on any atom is 0.123 e. The van der Waals surface area contributed by atoms with E-state index in [0.29, 0.717) is 5.92 Å². The third kappa shape index (κ3) is 4.32. The standard InChI is InChI=1S/C29H39F/c1-2-3-20-4-6-21(7-5-20)22-8-9-24-17-25(11-10-23(24)16-22)26-12-13-28-19-29(30)15-14-27(28)18-26/h12-15,18-25H,2-11,16-17H2,1H3/t20?,21?,22?,23-,24-,25-/m1/s1. The van der Waals surface area contributed by atoms with E-state index in [1.54, 1.807) is 12.1 Å². The summed E-state index contributed by atoms with van der Waals surface area (Å²) in [6, 6.07) is 11.9. The molecule has 0 aromatic heterocycles. The maximum absolute atomic E-state index is 13.5. The van der Waals surface area contributed by atoms with Crippen molar-refractivity contribution < 1.29 is 4.39 Å². The van der Waals surface area contributed by atoms with Crippen LogP contribution >= 0.6 is 0 Å². The van der Waals surface area contributed by atoms with Gasteiger partial charge in [0.15, 0.2) is 0 Å². The van der Waals surface area contributed by atoms with Gasteiger partial charge in [0.05, 0.1) is 0 Å². The van der Waals surface area contributed by atoms with E-state index in [0.717, 1.165) is 35.0 Å². The second kappa shape index (κ2) is 9.01. The van der Waals surface area contributed by atoms with Crippen molar-refractivity contribution in [3.05, 3.63) is 47.8 Å². The minimum absolute atomic E-state index is 0.133. The van der Waals surface area contributed by atoms with Crippen LogP contribution < -0.4 is 0 Å². The molecule has 0 bridgehead atoms. The van der Waals surface area contributed by atoms with E-state index >= 15 is 0 Å². The summed E-state index contributed by atoms with van der Waals surface area (Å²) in [5.41, 5.74) is 1.49. The summed E-state index contributed by atoms with van der Waals surface area (Å²) >= 11 is 0. The molecule has 3 saturated carbocycles. The van der Waals surface area contributed by atoms with Gasteiger partial charge in [-0.2, -0.15) is 0 Å². The first kappa shape index (κ1) is 20.5. The Balaban J connectivity index is 1.19. The topological polar surface area (TPSA) is 0 Å². The molecule has 0 radical (unpaired) electrons. The van der Waals surface area contributed by atoms with Gasteiger partial charge in [-0.25, -0.2) is 4.39 Å². The number of halogens is 1. The van der Waals surface area contributed by atoms with Crippen LogP contribution in [-0.4, -0.2) is 0 Å². The van der Waals surface area contributed by atoms with Crippen molar-refractivity contribution in [2.45, 2.75) is 89.9 Å². The molecule has 162 valence electrons. The van der Waals surface area contributed by atoms with Gasteiger partial charge in [0, 0.05) is 0 Å². The summed E-state index contributed by atoms with van der Waals surface area (Å²) in [7, 11) is 0. The Kier molecular flexibility index (Phi) is 6.17. The molecule has 0 aliphatic heterocycles. The Morgan fingerprint density at radius 1 is 0.700 bits per heavy atom. The largest absolute Gasteiger partial charge is 0.207 e. The molecule has 3 aliphatic carbocycles. The maximum atomic E-state index is 13.5. The van der Waals surface area contributed by atoms with Gasteiger partial charge in [0.2, 0.25) is 0 Å². The molecule has 3 fully saturated rings. The molecule has 0 nitrogen and oxygen atoms in total. The van der Waals surface area contributed by atoms with Crippen molar-refractivity contribution in [1.29, 1.82) is 0 Å². The van der Waals surface area contributed by atoms with Gasteiger partial charge >= 0.3 is 0 Å². The molecule has 5 rings (SSSR count). The minimum atomic E-state index is -0.133. The molecule has 2 aromatic rings. The predicted octanol–water partition coefficient (Wildman–Crippen LogP) is 8.89. The molecule has 4 atom stereocenters. The molecular weight excluding hydrogens is 367 g/mol. The second-order valence-corrected chi connectivity index (χ2v) is 10.9. The molecule has 3 aliphatic rings. The van der Waals surface area contributed by atoms with Crippen molar-refractivity contribution in [3.8, 4) is 0 Å². The molecule has 0 heterocycles. The second-order valence-electron chi connectivity index (χ2n) is 10.9. The van der Waals surface area contributed by atoms with Crippen LogP contribution in [0.15, 0.2) is 36.4 Å². The van der Waals surface area contributed by atoms with E-state index in [1.807, 2.05) is 6.07 Å². The van der Waals surface area contributed by atoms with Crippen LogP contribution in [0.3, 0.4) is 0 Å². The van der Waals surface area contributed by atoms with Crippen LogP contribution in [0, 0.1) is 35.4 Å². The van der Waals surface area contributed by atoms with Gasteiger partial charge in [-0.05, 0) is 115 Å². The van der Waals surface area contributed by atoms with Gasteiger partial charge in [0.25, 0.3) is 0 Å². The Morgan fingerprint density at radius 2 is 1.33 bits per heavy atom. The number of hydrogen-bond acceptors (Lipinski definition) is 0. The summed E-state index contributed by atoms with van der Waals surface area (Å²) in [6.07, 6.45) is 17.6. The van der Waals surface area contributed by atoms with E-state index in [4.69, 9.17) is 0 Å². The zero-order valence-electron chi connectivity index (χ0n) is 18.8. The third-order valence-corrected chi connectivity index (χ3v) is 9.21. The molecular formula is C29H39F. The number of benzene rings is 2.